The van der Waals surface area contributed by atoms with Crippen LogP contribution in [0.1, 0.15) is 0 Å². The normalized spacial score (nSPS) is 14.6. The van der Waals surface area contributed by atoms with Gasteiger partial charge in [0.05, 0.1) is 63.4 Å². The topological polar surface area (TPSA) is 177 Å². The second-order valence-electron chi connectivity index (χ2n) is 7.70. The fourth-order valence-electron chi connectivity index (χ4n) is 3.14. The minimum absolute atomic E-state index is 0.0524. The molecule has 0 saturated carbocycles. The van der Waals surface area contributed by atoms with E-state index in [9.17, 15) is 24.5 Å². The van der Waals surface area contributed by atoms with Gasteiger partial charge in [-0.25, -0.2) is 4.79 Å². The maximum Gasteiger partial charge on any atom is 0.319 e. The van der Waals surface area contributed by atoms with Crippen LogP contribution in [-0.2, 0) is 23.8 Å². The highest BCUT2D eigenvalue weighted by atomic mass is 16.6. The molecule has 37 heavy (non-hydrogen) atoms. The van der Waals surface area contributed by atoms with Crippen LogP contribution in [0, 0.1) is 10.1 Å². The summed E-state index contributed by atoms with van der Waals surface area (Å²) in [5, 5.41) is 17.6. The van der Waals surface area contributed by atoms with E-state index in [0.29, 0.717) is 64.1 Å². The van der Waals surface area contributed by atoms with Crippen molar-refractivity contribution in [1.82, 2.24) is 26.2 Å². The van der Waals surface area contributed by atoms with Gasteiger partial charge in [0.25, 0.3) is 17.5 Å². The quantitative estimate of drug-likeness (QED) is 0.0989. The van der Waals surface area contributed by atoms with Gasteiger partial charge >= 0.3 is 6.03 Å². The molecule has 2 aliphatic heterocycles. The third-order valence-corrected chi connectivity index (χ3v) is 4.99. The van der Waals surface area contributed by atoms with Crippen LogP contribution in [-0.4, -0.2) is 92.0 Å². The predicted molar refractivity (Wildman–Crippen MR) is 129 cm³/mol. The molecule has 0 aliphatic carbocycles. The van der Waals surface area contributed by atoms with E-state index >= 15 is 0 Å². The molecule has 1 aromatic rings. The van der Waals surface area contributed by atoms with E-state index in [1.54, 1.807) is 11.2 Å². The van der Waals surface area contributed by atoms with Crippen molar-refractivity contribution in [1.29, 1.82) is 0 Å². The van der Waals surface area contributed by atoms with Crippen molar-refractivity contribution in [2.75, 3.05) is 64.6 Å². The van der Waals surface area contributed by atoms with E-state index in [1.165, 1.54) is 36.4 Å². The van der Waals surface area contributed by atoms with Crippen LogP contribution in [0.2, 0.25) is 0 Å². The number of nitro benzene ring substituents is 1. The van der Waals surface area contributed by atoms with Gasteiger partial charge in [-0.15, -0.1) is 5.53 Å². The molecule has 0 radical (unpaired) electrons. The number of nitrogens with zero attached hydrogens (tertiary/aromatic N) is 3. The maximum atomic E-state index is 11.8. The summed E-state index contributed by atoms with van der Waals surface area (Å²) in [6, 6.07) is 5.08. The SMILES string of the molecule is O=C(NCCOCCOCCOCCN1C=C(CN2C(=O)C=CC2=O)NN1)Nc1ccc([N+](=O)[O-])cc1. The van der Waals surface area contributed by atoms with E-state index in [-0.39, 0.29) is 24.0 Å². The minimum Gasteiger partial charge on any atom is -0.377 e. The number of carbonyl (C=O) groups is 3. The molecule has 4 amide bonds. The highest BCUT2D eigenvalue weighted by Crippen LogP contribution is 2.15. The third kappa shape index (κ3) is 9.49. The summed E-state index contributed by atoms with van der Waals surface area (Å²) in [5.74, 6) is -0.665. The van der Waals surface area contributed by atoms with Crippen molar-refractivity contribution in [3.63, 3.8) is 0 Å². The van der Waals surface area contributed by atoms with Gasteiger partial charge in [0.15, 0.2) is 0 Å². The number of non-ortho nitro benzene ring substituents is 1. The zero-order valence-corrected chi connectivity index (χ0v) is 20.0. The Bertz CT molecular complexity index is 997. The molecule has 15 heteroatoms. The van der Waals surface area contributed by atoms with Gasteiger partial charge in [0, 0.05) is 42.7 Å². The van der Waals surface area contributed by atoms with Crippen molar-refractivity contribution >= 4 is 29.2 Å². The Morgan fingerprint density at radius 3 is 2.22 bits per heavy atom. The number of nitro groups is 1. The molecule has 3 rings (SSSR count). The van der Waals surface area contributed by atoms with Crippen LogP contribution in [0.3, 0.4) is 0 Å². The number of imide groups is 1. The Morgan fingerprint density at radius 1 is 0.946 bits per heavy atom. The van der Waals surface area contributed by atoms with Crippen LogP contribution >= 0.6 is 0 Å². The highest BCUT2D eigenvalue weighted by Gasteiger charge is 2.25. The molecule has 2 heterocycles. The lowest BCUT2D eigenvalue weighted by Crippen LogP contribution is -2.40. The Balaban J connectivity index is 1.11. The number of ether oxygens (including phenoxy) is 3. The van der Waals surface area contributed by atoms with Gasteiger partial charge in [0.2, 0.25) is 0 Å². The first-order valence-electron chi connectivity index (χ1n) is 11.5. The molecule has 0 fully saturated rings. The molecule has 0 unspecified atom stereocenters. The van der Waals surface area contributed by atoms with Gasteiger partial charge in [-0.05, 0) is 12.1 Å². The van der Waals surface area contributed by atoms with Gasteiger partial charge in [-0.3, -0.25) is 29.6 Å². The van der Waals surface area contributed by atoms with Crippen molar-refractivity contribution in [3.8, 4) is 0 Å². The number of hydrogen-bond donors (Lipinski definition) is 4. The Labute approximate surface area is 212 Å². The Kier molecular flexibility index (Phi) is 10.8. The highest BCUT2D eigenvalue weighted by molar-refractivity contribution is 6.13. The van der Waals surface area contributed by atoms with Gasteiger partial charge < -0.3 is 30.3 Å². The summed E-state index contributed by atoms with van der Waals surface area (Å²) in [7, 11) is 0. The van der Waals surface area contributed by atoms with Gasteiger partial charge in [0.1, 0.15) is 0 Å². The number of nitrogens with one attached hydrogen (secondary N) is 4. The maximum absolute atomic E-state index is 11.8. The number of benzene rings is 1. The monoisotopic (exact) mass is 519 g/mol. The van der Waals surface area contributed by atoms with Crippen molar-refractivity contribution in [2.45, 2.75) is 0 Å². The van der Waals surface area contributed by atoms with Crippen molar-refractivity contribution in [2.24, 2.45) is 0 Å². The zero-order valence-electron chi connectivity index (χ0n) is 20.0. The predicted octanol–water partition coefficient (Wildman–Crippen LogP) is -0.143. The molecule has 0 saturated heterocycles. The lowest BCUT2D eigenvalue weighted by Gasteiger charge is -2.15. The second kappa shape index (κ2) is 14.5. The molecule has 1 aromatic carbocycles. The van der Waals surface area contributed by atoms with Gasteiger partial charge in [-0.2, -0.15) is 0 Å². The Hall–Kier alpha value is -4.05. The lowest BCUT2D eigenvalue weighted by molar-refractivity contribution is -0.384. The average Bonchev–Trinajstić information content (AvgIpc) is 3.46. The number of hydrazine groups is 2. The number of carbonyl (C=O) groups excluding carboxylic acids is 3. The summed E-state index contributed by atoms with van der Waals surface area (Å²) in [6.45, 7) is 3.29. The smallest absolute Gasteiger partial charge is 0.319 e. The number of hydrogen-bond acceptors (Lipinski definition) is 11. The summed E-state index contributed by atoms with van der Waals surface area (Å²) < 4.78 is 16.3. The molecule has 2 aliphatic rings. The summed E-state index contributed by atoms with van der Waals surface area (Å²) in [4.78, 5) is 46.2. The van der Waals surface area contributed by atoms with Crippen molar-refractivity contribution < 1.29 is 33.5 Å². The van der Waals surface area contributed by atoms with Crippen LogP contribution in [0.25, 0.3) is 0 Å². The number of urea groups is 1. The molecule has 0 spiro atoms. The first-order chi connectivity index (χ1) is 17.9. The third-order valence-electron chi connectivity index (χ3n) is 4.99. The lowest BCUT2D eigenvalue weighted by atomic mass is 10.3. The standard InChI is InChI=1S/C22H29N7O8/c30-20-5-6-21(31)28(20)16-18-15-27(26-25-18)8-10-36-12-14-37-13-11-35-9-7-23-22(32)24-17-1-3-19(4-2-17)29(33)34/h1-6,15,25-26H,7-14,16H2,(H2,23,24,32). The molecule has 4 N–H and O–H groups in total. The van der Waals surface area contributed by atoms with Crippen LogP contribution in [0.5, 0.6) is 0 Å². The molecular formula is C22H29N7O8. The largest absolute Gasteiger partial charge is 0.377 e. The number of rotatable bonds is 16. The fourth-order valence-corrected chi connectivity index (χ4v) is 3.14. The molecule has 15 nitrogen and oxygen atoms in total. The molecule has 200 valence electrons. The average molecular weight is 520 g/mol. The van der Waals surface area contributed by atoms with E-state index in [4.69, 9.17) is 14.2 Å². The first-order valence-corrected chi connectivity index (χ1v) is 11.5. The number of anilines is 1. The molecular weight excluding hydrogens is 490 g/mol. The van der Waals surface area contributed by atoms with Crippen LogP contribution < -0.4 is 21.6 Å². The summed E-state index contributed by atoms with van der Waals surface area (Å²) in [6.07, 6.45) is 4.26. The summed E-state index contributed by atoms with van der Waals surface area (Å²) in [5.41, 5.74) is 6.90. The van der Waals surface area contributed by atoms with E-state index in [0.717, 1.165) is 4.90 Å². The van der Waals surface area contributed by atoms with Crippen molar-refractivity contribution in [3.05, 3.63) is 58.4 Å². The summed E-state index contributed by atoms with van der Waals surface area (Å²) >= 11 is 0. The van der Waals surface area contributed by atoms with E-state index < -0.39 is 11.0 Å². The van der Waals surface area contributed by atoms with Crippen LogP contribution in [0.15, 0.2) is 48.3 Å². The zero-order chi connectivity index (χ0) is 26.5. The Morgan fingerprint density at radius 2 is 1.57 bits per heavy atom. The second-order valence-corrected chi connectivity index (χ2v) is 7.70. The first kappa shape index (κ1) is 27.5. The number of amides is 4. The van der Waals surface area contributed by atoms with E-state index in [2.05, 4.69) is 21.6 Å². The minimum atomic E-state index is -0.511. The van der Waals surface area contributed by atoms with Gasteiger partial charge in [-0.1, -0.05) is 0 Å². The molecule has 0 atom stereocenters. The fraction of sp³-hybridized carbons (Fsp3) is 0.409. The van der Waals surface area contributed by atoms with Crippen LogP contribution in [0.4, 0.5) is 16.2 Å². The molecule has 0 aromatic heterocycles. The molecule has 0 bridgehead atoms. The van der Waals surface area contributed by atoms with E-state index in [1.807, 2.05) is 0 Å².